The molecule has 1 aromatic heterocycles. The summed E-state index contributed by atoms with van der Waals surface area (Å²) >= 11 is 0. The number of nitrogens with one attached hydrogen (secondary N) is 1. The molecule has 5 heteroatoms. The zero-order valence-corrected chi connectivity index (χ0v) is 9.22. The molecule has 0 unspecified atom stereocenters. The van der Waals surface area contributed by atoms with Gasteiger partial charge in [0.05, 0.1) is 19.2 Å². The van der Waals surface area contributed by atoms with Crippen LogP contribution in [0.2, 0.25) is 0 Å². The highest BCUT2D eigenvalue weighted by atomic mass is 16.5. The minimum Gasteiger partial charge on any atom is -0.381 e. The van der Waals surface area contributed by atoms with Crippen LogP contribution in [-0.2, 0) is 9.53 Å². The molecule has 0 radical (unpaired) electrons. The van der Waals surface area contributed by atoms with Gasteiger partial charge >= 0.3 is 0 Å². The number of nitrogens with zero attached hydrogens (tertiary/aromatic N) is 2. The van der Waals surface area contributed by atoms with Crippen molar-refractivity contribution in [3.05, 3.63) is 30.1 Å². The second kappa shape index (κ2) is 7.53. The summed E-state index contributed by atoms with van der Waals surface area (Å²) in [6, 6.07) is 3.60. The summed E-state index contributed by atoms with van der Waals surface area (Å²) in [5.41, 5.74) is 3.31. The van der Waals surface area contributed by atoms with Crippen LogP contribution < -0.4 is 5.43 Å². The topological polar surface area (TPSA) is 63.6 Å². The summed E-state index contributed by atoms with van der Waals surface area (Å²) in [5, 5.41) is 3.81. The van der Waals surface area contributed by atoms with Crippen molar-refractivity contribution in [3.63, 3.8) is 0 Å². The molecule has 86 valence electrons. The van der Waals surface area contributed by atoms with Crippen LogP contribution in [-0.4, -0.2) is 30.3 Å². The van der Waals surface area contributed by atoms with Gasteiger partial charge in [-0.25, -0.2) is 5.43 Å². The number of hydrogen-bond acceptors (Lipinski definition) is 4. The van der Waals surface area contributed by atoms with Crippen LogP contribution in [0.3, 0.4) is 0 Å². The Bertz CT molecular complexity index is 338. The van der Waals surface area contributed by atoms with Crippen molar-refractivity contribution in [1.29, 1.82) is 0 Å². The zero-order chi connectivity index (χ0) is 11.6. The molecule has 0 aliphatic carbocycles. The van der Waals surface area contributed by atoms with Crippen molar-refractivity contribution in [2.24, 2.45) is 5.10 Å². The second-order valence-electron chi connectivity index (χ2n) is 3.02. The summed E-state index contributed by atoms with van der Waals surface area (Å²) in [7, 11) is 0. The predicted molar refractivity (Wildman–Crippen MR) is 61.1 cm³/mol. The van der Waals surface area contributed by atoms with Gasteiger partial charge in [0.25, 0.3) is 0 Å². The molecule has 0 aliphatic heterocycles. The highest BCUT2D eigenvalue weighted by Crippen LogP contribution is 1.90. The van der Waals surface area contributed by atoms with E-state index in [1.54, 1.807) is 30.7 Å². The van der Waals surface area contributed by atoms with Gasteiger partial charge in [-0.05, 0) is 24.6 Å². The third-order valence-electron chi connectivity index (χ3n) is 1.79. The number of aromatic nitrogens is 1. The smallest absolute Gasteiger partial charge is 0.242 e. The summed E-state index contributed by atoms with van der Waals surface area (Å²) in [5.74, 6) is -0.154. The predicted octanol–water partition coefficient (Wildman–Crippen LogP) is 0.958. The molecule has 0 aromatic carbocycles. The standard InChI is InChI=1S/C11H15N3O2/c1-2-16-8-5-11(15)14-13-9-10-3-6-12-7-4-10/h3-4,6-7,9H,2,5,8H2,1H3,(H,14,15). The molecule has 0 saturated carbocycles. The van der Waals surface area contributed by atoms with Crippen molar-refractivity contribution in [1.82, 2.24) is 10.4 Å². The highest BCUT2D eigenvalue weighted by Gasteiger charge is 1.97. The lowest BCUT2D eigenvalue weighted by Gasteiger charge is -1.99. The molecule has 1 amide bonds. The molecule has 1 N–H and O–H groups in total. The van der Waals surface area contributed by atoms with Crippen molar-refractivity contribution in [2.45, 2.75) is 13.3 Å². The summed E-state index contributed by atoms with van der Waals surface area (Å²) in [4.78, 5) is 15.1. The molecular formula is C11H15N3O2. The van der Waals surface area contributed by atoms with E-state index in [0.29, 0.717) is 19.6 Å². The Morgan fingerprint density at radius 3 is 3.00 bits per heavy atom. The van der Waals surface area contributed by atoms with Gasteiger partial charge < -0.3 is 4.74 Å². The van der Waals surface area contributed by atoms with E-state index in [2.05, 4.69) is 15.5 Å². The van der Waals surface area contributed by atoms with Crippen LogP contribution in [0.5, 0.6) is 0 Å². The van der Waals surface area contributed by atoms with Crippen LogP contribution >= 0.6 is 0 Å². The van der Waals surface area contributed by atoms with Gasteiger partial charge in [0.1, 0.15) is 0 Å². The maximum Gasteiger partial charge on any atom is 0.242 e. The average molecular weight is 221 g/mol. The molecule has 0 bridgehead atoms. The second-order valence-corrected chi connectivity index (χ2v) is 3.02. The molecule has 0 fully saturated rings. The SMILES string of the molecule is CCOCCC(=O)NN=Cc1ccncc1. The van der Waals surface area contributed by atoms with E-state index in [-0.39, 0.29) is 5.91 Å². The third-order valence-corrected chi connectivity index (χ3v) is 1.79. The fraction of sp³-hybridized carbons (Fsp3) is 0.364. The highest BCUT2D eigenvalue weighted by molar-refractivity contribution is 5.82. The van der Waals surface area contributed by atoms with Gasteiger partial charge in [-0.3, -0.25) is 9.78 Å². The first-order valence-corrected chi connectivity index (χ1v) is 5.12. The van der Waals surface area contributed by atoms with Crippen molar-refractivity contribution >= 4 is 12.1 Å². The number of carbonyl (C=O) groups excluding carboxylic acids is 1. The van der Waals surface area contributed by atoms with Crippen LogP contribution in [0.1, 0.15) is 18.9 Å². The van der Waals surface area contributed by atoms with E-state index in [1.165, 1.54) is 0 Å². The largest absolute Gasteiger partial charge is 0.381 e. The molecule has 0 atom stereocenters. The Labute approximate surface area is 94.5 Å². The summed E-state index contributed by atoms with van der Waals surface area (Å²) in [6.45, 7) is 2.93. The Kier molecular flexibility index (Phi) is 5.80. The lowest BCUT2D eigenvalue weighted by molar-refractivity contribution is -0.122. The maximum absolute atomic E-state index is 11.2. The molecular weight excluding hydrogens is 206 g/mol. The number of hydrogen-bond donors (Lipinski definition) is 1. The van der Waals surface area contributed by atoms with Gasteiger partial charge in [0.15, 0.2) is 0 Å². The van der Waals surface area contributed by atoms with E-state index in [9.17, 15) is 4.79 Å². The first-order valence-electron chi connectivity index (χ1n) is 5.12. The lowest BCUT2D eigenvalue weighted by Crippen LogP contribution is -2.19. The fourth-order valence-corrected chi connectivity index (χ4v) is 0.993. The first kappa shape index (κ1) is 12.3. The fourth-order valence-electron chi connectivity index (χ4n) is 0.993. The Morgan fingerprint density at radius 2 is 2.31 bits per heavy atom. The Balaban J connectivity index is 2.24. The van der Waals surface area contributed by atoms with Gasteiger partial charge in [-0.2, -0.15) is 5.10 Å². The third kappa shape index (κ3) is 5.21. The Morgan fingerprint density at radius 1 is 1.56 bits per heavy atom. The van der Waals surface area contributed by atoms with E-state index >= 15 is 0 Å². The van der Waals surface area contributed by atoms with Gasteiger partial charge in [0, 0.05) is 19.0 Å². The zero-order valence-electron chi connectivity index (χ0n) is 9.22. The minimum atomic E-state index is -0.154. The Hall–Kier alpha value is -1.75. The van der Waals surface area contributed by atoms with Gasteiger partial charge in [-0.1, -0.05) is 0 Å². The van der Waals surface area contributed by atoms with Crippen LogP contribution in [0, 0.1) is 0 Å². The number of carbonyl (C=O) groups is 1. The molecule has 16 heavy (non-hydrogen) atoms. The van der Waals surface area contributed by atoms with Gasteiger partial charge in [0.2, 0.25) is 5.91 Å². The van der Waals surface area contributed by atoms with Crippen LogP contribution in [0.25, 0.3) is 0 Å². The number of hydrazone groups is 1. The van der Waals surface area contributed by atoms with Crippen LogP contribution in [0.4, 0.5) is 0 Å². The van der Waals surface area contributed by atoms with E-state index in [4.69, 9.17) is 4.74 Å². The molecule has 1 aromatic rings. The minimum absolute atomic E-state index is 0.154. The number of ether oxygens (including phenoxy) is 1. The molecule has 5 nitrogen and oxygen atoms in total. The molecule has 0 spiro atoms. The monoisotopic (exact) mass is 221 g/mol. The summed E-state index contributed by atoms with van der Waals surface area (Å²) < 4.78 is 5.05. The number of pyridine rings is 1. The molecule has 1 heterocycles. The summed E-state index contributed by atoms with van der Waals surface area (Å²) in [6.07, 6.45) is 5.22. The van der Waals surface area contributed by atoms with Crippen molar-refractivity contribution in [2.75, 3.05) is 13.2 Å². The quantitative estimate of drug-likeness (QED) is 0.442. The maximum atomic E-state index is 11.2. The number of rotatable bonds is 6. The van der Waals surface area contributed by atoms with Crippen molar-refractivity contribution < 1.29 is 9.53 Å². The molecule has 1 rings (SSSR count). The first-order chi connectivity index (χ1) is 7.83. The van der Waals surface area contributed by atoms with Crippen LogP contribution in [0.15, 0.2) is 29.6 Å². The number of amides is 1. The van der Waals surface area contributed by atoms with E-state index in [1.807, 2.05) is 6.92 Å². The molecule has 0 saturated heterocycles. The lowest BCUT2D eigenvalue weighted by atomic mass is 10.3. The van der Waals surface area contributed by atoms with E-state index in [0.717, 1.165) is 5.56 Å². The van der Waals surface area contributed by atoms with Crippen molar-refractivity contribution in [3.8, 4) is 0 Å². The van der Waals surface area contributed by atoms with E-state index < -0.39 is 0 Å². The van der Waals surface area contributed by atoms with Gasteiger partial charge in [-0.15, -0.1) is 0 Å². The average Bonchev–Trinajstić information content (AvgIpc) is 2.31. The normalized spacial score (nSPS) is 10.6. The molecule has 0 aliphatic rings.